The lowest BCUT2D eigenvalue weighted by Crippen LogP contribution is -2.31. The van der Waals surface area contributed by atoms with Crippen LogP contribution in [0.25, 0.3) is 0 Å². The average Bonchev–Trinajstić information content (AvgIpc) is 2.76. The molecule has 0 radical (unpaired) electrons. The van der Waals surface area contributed by atoms with Gasteiger partial charge in [0.1, 0.15) is 5.37 Å². The summed E-state index contributed by atoms with van der Waals surface area (Å²) in [6, 6.07) is 7.58. The highest BCUT2D eigenvalue weighted by atomic mass is 35.5. The number of amides is 1. The van der Waals surface area contributed by atoms with Crippen molar-refractivity contribution in [3.63, 3.8) is 0 Å². The molecule has 0 saturated carbocycles. The highest BCUT2D eigenvalue weighted by Gasteiger charge is 2.32. The highest BCUT2D eigenvalue weighted by molar-refractivity contribution is 8.00. The van der Waals surface area contributed by atoms with Crippen LogP contribution in [0.3, 0.4) is 0 Å². The van der Waals surface area contributed by atoms with Crippen LogP contribution in [0.5, 0.6) is 0 Å². The minimum atomic E-state index is 0.000415. The van der Waals surface area contributed by atoms with Crippen molar-refractivity contribution < 1.29 is 14.6 Å². The van der Waals surface area contributed by atoms with E-state index < -0.39 is 0 Å². The molecule has 1 saturated heterocycles. The van der Waals surface area contributed by atoms with Gasteiger partial charge < -0.3 is 14.7 Å². The van der Waals surface area contributed by atoms with Crippen molar-refractivity contribution in [2.75, 3.05) is 32.1 Å². The summed E-state index contributed by atoms with van der Waals surface area (Å²) in [4.78, 5) is 13.7. The number of hydrogen-bond donors (Lipinski definition) is 1. The van der Waals surface area contributed by atoms with Gasteiger partial charge in [0.05, 0.1) is 25.6 Å². The van der Waals surface area contributed by atoms with Crippen LogP contribution in [0.1, 0.15) is 10.9 Å². The summed E-state index contributed by atoms with van der Waals surface area (Å²) in [5.41, 5.74) is 1.03. The van der Waals surface area contributed by atoms with Crippen LogP contribution in [-0.2, 0) is 9.53 Å². The smallest absolute Gasteiger partial charge is 0.233 e. The molecule has 1 fully saturated rings. The lowest BCUT2D eigenvalue weighted by Gasteiger charge is -2.24. The summed E-state index contributed by atoms with van der Waals surface area (Å²) in [5.74, 6) is 0.597. The Bertz CT molecular complexity index is 444. The Kier molecular flexibility index (Phi) is 5.51. The number of thioether (sulfide) groups is 1. The molecule has 0 aromatic heterocycles. The largest absolute Gasteiger partial charge is 0.394 e. The van der Waals surface area contributed by atoms with E-state index >= 15 is 0 Å². The molecule has 1 aromatic rings. The van der Waals surface area contributed by atoms with Crippen molar-refractivity contribution in [3.8, 4) is 0 Å². The molecule has 1 N–H and O–H groups in total. The Hall–Kier alpha value is -0.750. The normalized spacial score (nSPS) is 19.2. The topological polar surface area (TPSA) is 49.8 Å². The van der Waals surface area contributed by atoms with Crippen LogP contribution in [0, 0.1) is 0 Å². The van der Waals surface area contributed by atoms with Crippen LogP contribution in [0.2, 0.25) is 5.02 Å². The van der Waals surface area contributed by atoms with Gasteiger partial charge in [0.2, 0.25) is 5.91 Å². The molecule has 0 bridgehead atoms. The molecule has 1 aliphatic rings. The SMILES string of the molecule is O=C1CSC(c2cccc(Cl)c2)N1CCOCCO. The highest BCUT2D eigenvalue weighted by Crippen LogP contribution is 2.38. The molecule has 1 amide bonds. The van der Waals surface area contributed by atoms with Crippen LogP contribution in [0.4, 0.5) is 0 Å². The van der Waals surface area contributed by atoms with E-state index in [4.69, 9.17) is 21.4 Å². The van der Waals surface area contributed by atoms with Gasteiger partial charge in [0.25, 0.3) is 0 Å². The number of carbonyl (C=O) groups excluding carboxylic acids is 1. The van der Waals surface area contributed by atoms with Crippen molar-refractivity contribution in [3.05, 3.63) is 34.9 Å². The maximum absolute atomic E-state index is 11.9. The van der Waals surface area contributed by atoms with Crippen LogP contribution in [0.15, 0.2) is 24.3 Å². The maximum atomic E-state index is 11.9. The molecule has 1 heterocycles. The molecule has 1 aromatic carbocycles. The first kappa shape index (κ1) is 14.7. The summed E-state index contributed by atoms with van der Waals surface area (Å²) < 4.78 is 5.22. The minimum Gasteiger partial charge on any atom is -0.394 e. The predicted molar refractivity (Wildman–Crippen MR) is 76.3 cm³/mol. The zero-order chi connectivity index (χ0) is 13.7. The van der Waals surface area contributed by atoms with E-state index in [2.05, 4.69) is 0 Å². The molecule has 6 heteroatoms. The van der Waals surface area contributed by atoms with Gasteiger partial charge in [-0.25, -0.2) is 0 Å². The Balaban J connectivity index is 2.00. The lowest BCUT2D eigenvalue weighted by atomic mass is 10.2. The number of nitrogens with zero attached hydrogens (tertiary/aromatic N) is 1. The summed E-state index contributed by atoms with van der Waals surface area (Å²) in [6.45, 7) is 1.27. The molecule has 1 aliphatic heterocycles. The van der Waals surface area contributed by atoms with Crippen molar-refractivity contribution >= 4 is 29.3 Å². The Morgan fingerprint density at radius 2 is 2.32 bits per heavy atom. The van der Waals surface area contributed by atoms with Crippen LogP contribution in [-0.4, -0.2) is 48.0 Å². The van der Waals surface area contributed by atoms with Crippen molar-refractivity contribution in [1.82, 2.24) is 4.90 Å². The Morgan fingerprint density at radius 1 is 1.47 bits per heavy atom. The molecule has 1 atom stereocenters. The molecule has 4 nitrogen and oxygen atoms in total. The second-order valence-corrected chi connectivity index (χ2v) is 5.65. The second-order valence-electron chi connectivity index (χ2n) is 4.14. The van der Waals surface area contributed by atoms with Crippen molar-refractivity contribution in [1.29, 1.82) is 0 Å². The number of benzene rings is 1. The third-order valence-electron chi connectivity index (χ3n) is 2.81. The fourth-order valence-electron chi connectivity index (χ4n) is 1.96. The van der Waals surface area contributed by atoms with Gasteiger partial charge in [-0.3, -0.25) is 4.79 Å². The van der Waals surface area contributed by atoms with E-state index in [1.807, 2.05) is 24.3 Å². The van der Waals surface area contributed by atoms with Crippen molar-refractivity contribution in [2.45, 2.75) is 5.37 Å². The molecule has 0 aliphatic carbocycles. The quantitative estimate of drug-likeness (QED) is 0.816. The van der Waals surface area contributed by atoms with Crippen molar-refractivity contribution in [2.24, 2.45) is 0 Å². The van der Waals surface area contributed by atoms with E-state index in [-0.39, 0.29) is 17.9 Å². The van der Waals surface area contributed by atoms with E-state index in [0.29, 0.717) is 30.5 Å². The fourth-order valence-corrected chi connectivity index (χ4v) is 3.37. The zero-order valence-corrected chi connectivity index (χ0v) is 12.0. The Morgan fingerprint density at radius 3 is 3.05 bits per heavy atom. The van der Waals surface area contributed by atoms with E-state index in [9.17, 15) is 4.79 Å². The molecular weight excluding hydrogens is 286 g/mol. The summed E-state index contributed by atoms with van der Waals surface area (Å²) >= 11 is 7.58. The predicted octanol–water partition coefficient (Wildman–Crippen LogP) is 1.92. The number of aliphatic hydroxyl groups excluding tert-OH is 1. The van der Waals surface area contributed by atoms with Crippen LogP contribution < -0.4 is 0 Å². The summed E-state index contributed by atoms with van der Waals surface area (Å²) in [6.07, 6.45) is 0. The number of carbonyl (C=O) groups is 1. The molecular formula is C13H16ClNO3S. The molecule has 0 spiro atoms. The van der Waals surface area contributed by atoms with Gasteiger partial charge in [0, 0.05) is 11.6 Å². The van der Waals surface area contributed by atoms with E-state index in [1.165, 1.54) is 0 Å². The minimum absolute atomic E-state index is 0.000415. The van der Waals surface area contributed by atoms with Gasteiger partial charge in [-0.1, -0.05) is 23.7 Å². The summed E-state index contributed by atoms with van der Waals surface area (Å²) in [5, 5.41) is 9.32. The van der Waals surface area contributed by atoms with E-state index in [0.717, 1.165) is 5.56 Å². The third kappa shape index (κ3) is 3.86. The molecule has 104 valence electrons. The second kappa shape index (κ2) is 7.14. The number of halogens is 1. The fraction of sp³-hybridized carbons (Fsp3) is 0.462. The van der Waals surface area contributed by atoms with Gasteiger partial charge in [-0.05, 0) is 17.7 Å². The average molecular weight is 302 g/mol. The Labute approximate surface area is 121 Å². The van der Waals surface area contributed by atoms with E-state index in [1.54, 1.807) is 16.7 Å². The van der Waals surface area contributed by atoms with Gasteiger partial charge in [-0.2, -0.15) is 0 Å². The molecule has 1 unspecified atom stereocenters. The number of hydrogen-bond acceptors (Lipinski definition) is 4. The first-order valence-electron chi connectivity index (χ1n) is 6.07. The molecule has 2 rings (SSSR count). The monoisotopic (exact) mass is 301 g/mol. The van der Waals surface area contributed by atoms with Gasteiger partial charge >= 0.3 is 0 Å². The first-order valence-corrected chi connectivity index (χ1v) is 7.50. The maximum Gasteiger partial charge on any atom is 0.233 e. The van der Waals surface area contributed by atoms with Gasteiger partial charge in [-0.15, -0.1) is 11.8 Å². The summed E-state index contributed by atoms with van der Waals surface area (Å²) in [7, 11) is 0. The third-order valence-corrected chi connectivity index (χ3v) is 4.31. The standard InChI is InChI=1S/C13H16ClNO3S/c14-11-3-1-2-10(8-11)13-15(12(17)9-19-13)4-6-18-7-5-16/h1-3,8,13,16H,4-7,9H2. The zero-order valence-electron chi connectivity index (χ0n) is 10.4. The number of aliphatic hydroxyl groups is 1. The number of rotatable bonds is 6. The lowest BCUT2D eigenvalue weighted by molar-refractivity contribution is -0.128. The van der Waals surface area contributed by atoms with Crippen LogP contribution >= 0.6 is 23.4 Å². The number of ether oxygens (including phenoxy) is 1. The van der Waals surface area contributed by atoms with Gasteiger partial charge in [0.15, 0.2) is 0 Å². The first-order chi connectivity index (χ1) is 9.22. The molecule has 19 heavy (non-hydrogen) atoms.